The van der Waals surface area contributed by atoms with Gasteiger partial charge in [0.05, 0.1) is 5.56 Å². The lowest BCUT2D eigenvalue weighted by Crippen LogP contribution is -2.41. The van der Waals surface area contributed by atoms with Crippen LogP contribution in [0.15, 0.2) is 30.6 Å². The first-order valence-electron chi connectivity index (χ1n) is 9.91. The highest BCUT2D eigenvalue weighted by atomic mass is 16.5. The standard InChI is InChI=1S/C20H25N5O3/c26-19(28-17-5-1-2-6-17)14-7-9-16(10-8-14)23-20(27)25-11-3-4-15(12-25)18-21-13-22-24-18/h7-10,13,15,17H,1-6,11-12H2,(H,23,27)(H,21,22,24). The summed E-state index contributed by atoms with van der Waals surface area (Å²) in [6, 6.07) is 6.72. The molecule has 1 aliphatic heterocycles. The van der Waals surface area contributed by atoms with Crippen molar-refractivity contribution in [1.29, 1.82) is 0 Å². The van der Waals surface area contributed by atoms with Crippen molar-refractivity contribution in [2.75, 3.05) is 18.4 Å². The number of rotatable bonds is 4. The third kappa shape index (κ3) is 4.32. The predicted molar refractivity (Wildman–Crippen MR) is 103 cm³/mol. The second-order valence-corrected chi connectivity index (χ2v) is 7.48. The van der Waals surface area contributed by atoms with Gasteiger partial charge < -0.3 is 15.0 Å². The van der Waals surface area contributed by atoms with E-state index in [2.05, 4.69) is 20.5 Å². The molecule has 0 radical (unpaired) electrons. The SMILES string of the molecule is O=C(OC1CCCC1)c1ccc(NC(=O)N2CCCC(c3ncn[nH]3)C2)cc1. The number of hydrogen-bond acceptors (Lipinski definition) is 5. The van der Waals surface area contributed by atoms with Crippen LogP contribution >= 0.6 is 0 Å². The molecule has 0 spiro atoms. The molecule has 8 nitrogen and oxygen atoms in total. The average Bonchev–Trinajstić information content (AvgIpc) is 3.43. The van der Waals surface area contributed by atoms with Crippen molar-refractivity contribution in [2.24, 2.45) is 0 Å². The molecule has 28 heavy (non-hydrogen) atoms. The number of aromatic amines is 1. The molecule has 1 aromatic heterocycles. The van der Waals surface area contributed by atoms with Crippen LogP contribution in [0.25, 0.3) is 0 Å². The lowest BCUT2D eigenvalue weighted by Gasteiger charge is -2.31. The van der Waals surface area contributed by atoms with E-state index in [4.69, 9.17) is 4.74 Å². The van der Waals surface area contributed by atoms with E-state index in [1.54, 1.807) is 29.2 Å². The van der Waals surface area contributed by atoms with Gasteiger partial charge in [-0.05, 0) is 62.8 Å². The summed E-state index contributed by atoms with van der Waals surface area (Å²) in [6.45, 7) is 1.31. The van der Waals surface area contributed by atoms with Crippen molar-refractivity contribution in [3.8, 4) is 0 Å². The monoisotopic (exact) mass is 383 g/mol. The van der Waals surface area contributed by atoms with Crippen LogP contribution in [-0.4, -0.2) is 51.3 Å². The molecule has 2 aliphatic rings. The highest BCUT2D eigenvalue weighted by Crippen LogP contribution is 2.25. The van der Waals surface area contributed by atoms with Crippen molar-refractivity contribution in [3.63, 3.8) is 0 Å². The number of piperidine rings is 1. The van der Waals surface area contributed by atoms with Gasteiger partial charge in [0.15, 0.2) is 0 Å². The lowest BCUT2D eigenvalue weighted by molar-refractivity contribution is 0.0318. The van der Waals surface area contributed by atoms with Crippen LogP contribution in [0.2, 0.25) is 0 Å². The summed E-state index contributed by atoms with van der Waals surface area (Å²) in [7, 11) is 0. The second-order valence-electron chi connectivity index (χ2n) is 7.48. The number of benzene rings is 1. The van der Waals surface area contributed by atoms with Gasteiger partial charge in [-0.2, -0.15) is 5.10 Å². The smallest absolute Gasteiger partial charge is 0.338 e. The number of anilines is 1. The number of carbonyl (C=O) groups excluding carboxylic acids is 2. The Morgan fingerprint density at radius 1 is 1.11 bits per heavy atom. The molecule has 1 saturated carbocycles. The van der Waals surface area contributed by atoms with E-state index in [9.17, 15) is 9.59 Å². The quantitative estimate of drug-likeness (QED) is 0.789. The number of nitrogens with one attached hydrogen (secondary N) is 2. The fourth-order valence-corrected chi connectivity index (χ4v) is 3.91. The molecule has 1 aliphatic carbocycles. The summed E-state index contributed by atoms with van der Waals surface area (Å²) in [4.78, 5) is 30.8. The molecule has 0 bridgehead atoms. The maximum atomic E-state index is 12.6. The molecular weight excluding hydrogens is 358 g/mol. The second kappa shape index (κ2) is 8.41. The third-order valence-electron chi connectivity index (χ3n) is 5.48. The van der Waals surface area contributed by atoms with E-state index in [0.717, 1.165) is 44.3 Å². The first kappa shape index (κ1) is 18.5. The molecule has 2 N–H and O–H groups in total. The summed E-state index contributed by atoms with van der Waals surface area (Å²) in [5, 5.41) is 9.70. The molecule has 2 aromatic rings. The predicted octanol–water partition coefficient (Wildman–Crippen LogP) is 3.32. The number of nitrogens with zero attached hydrogens (tertiary/aromatic N) is 3. The van der Waals surface area contributed by atoms with Crippen LogP contribution in [-0.2, 0) is 4.74 Å². The van der Waals surface area contributed by atoms with Crippen molar-refractivity contribution >= 4 is 17.7 Å². The van der Waals surface area contributed by atoms with Crippen LogP contribution in [0.3, 0.4) is 0 Å². The van der Waals surface area contributed by atoms with Gasteiger partial charge in [0.25, 0.3) is 0 Å². The van der Waals surface area contributed by atoms with Crippen molar-refractivity contribution in [2.45, 2.75) is 50.5 Å². The van der Waals surface area contributed by atoms with E-state index in [1.165, 1.54) is 6.33 Å². The van der Waals surface area contributed by atoms with E-state index in [1.807, 2.05) is 0 Å². The van der Waals surface area contributed by atoms with E-state index in [0.29, 0.717) is 24.3 Å². The van der Waals surface area contributed by atoms with E-state index >= 15 is 0 Å². The normalized spacial score (nSPS) is 20.1. The molecule has 8 heteroatoms. The Labute approximate surface area is 163 Å². The van der Waals surface area contributed by atoms with Crippen molar-refractivity contribution < 1.29 is 14.3 Å². The number of urea groups is 1. The van der Waals surface area contributed by atoms with Gasteiger partial charge >= 0.3 is 12.0 Å². The molecule has 2 fully saturated rings. The Hall–Kier alpha value is -2.90. The first-order chi connectivity index (χ1) is 13.7. The van der Waals surface area contributed by atoms with Gasteiger partial charge in [-0.3, -0.25) is 5.10 Å². The Bertz CT molecular complexity index is 800. The van der Waals surface area contributed by atoms with Gasteiger partial charge in [-0.1, -0.05) is 0 Å². The van der Waals surface area contributed by atoms with Gasteiger partial charge in [-0.15, -0.1) is 0 Å². The number of amides is 2. The van der Waals surface area contributed by atoms with Gasteiger partial charge in [-0.25, -0.2) is 14.6 Å². The van der Waals surface area contributed by atoms with Crippen LogP contribution < -0.4 is 5.32 Å². The van der Waals surface area contributed by atoms with Crippen LogP contribution in [0.5, 0.6) is 0 Å². The summed E-state index contributed by atoms with van der Waals surface area (Å²) in [5.41, 5.74) is 1.16. The fourth-order valence-electron chi connectivity index (χ4n) is 3.91. The molecule has 148 valence electrons. The fraction of sp³-hybridized carbons (Fsp3) is 0.500. The number of hydrogen-bond donors (Lipinski definition) is 2. The number of carbonyl (C=O) groups is 2. The minimum absolute atomic E-state index is 0.0447. The molecule has 2 heterocycles. The molecular formula is C20H25N5O3. The summed E-state index contributed by atoms with van der Waals surface area (Å²) in [5.74, 6) is 0.702. The first-order valence-corrected chi connectivity index (χ1v) is 9.91. The minimum atomic E-state index is -0.296. The minimum Gasteiger partial charge on any atom is -0.459 e. The topological polar surface area (TPSA) is 100 Å². The maximum absolute atomic E-state index is 12.6. The van der Waals surface area contributed by atoms with E-state index in [-0.39, 0.29) is 24.0 Å². The van der Waals surface area contributed by atoms with Crippen LogP contribution in [0, 0.1) is 0 Å². The Balaban J connectivity index is 1.32. The van der Waals surface area contributed by atoms with Crippen LogP contribution in [0.1, 0.15) is 60.6 Å². The number of esters is 1. The highest BCUT2D eigenvalue weighted by molar-refractivity contribution is 5.92. The largest absolute Gasteiger partial charge is 0.459 e. The number of ether oxygens (including phenoxy) is 1. The number of aromatic nitrogens is 3. The van der Waals surface area contributed by atoms with Gasteiger partial charge in [0.1, 0.15) is 18.3 Å². The summed E-state index contributed by atoms with van der Waals surface area (Å²) >= 11 is 0. The zero-order valence-electron chi connectivity index (χ0n) is 15.8. The Morgan fingerprint density at radius 2 is 1.89 bits per heavy atom. The molecule has 2 amide bonds. The van der Waals surface area contributed by atoms with Crippen LogP contribution in [0.4, 0.5) is 10.5 Å². The Morgan fingerprint density at radius 3 is 2.61 bits per heavy atom. The molecule has 1 unspecified atom stereocenters. The molecule has 1 saturated heterocycles. The lowest BCUT2D eigenvalue weighted by atomic mass is 9.98. The highest BCUT2D eigenvalue weighted by Gasteiger charge is 2.26. The van der Waals surface area contributed by atoms with E-state index < -0.39 is 0 Å². The summed E-state index contributed by atoms with van der Waals surface area (Å²) < 4.78 is 5.51. The van der Waals surface area contributed by atoms with Gasteiger partial charge in [0, 0.05) is 24.7 Å². The van der Waals surface area contributed by atoms with Crippen molar-refractivity contribution in [1.82, 2.24) is 20.1 Å². The van der Waals surface area contributed by atoms with Gasteiger partial charge in [0.2, 0.25) is 0 Å². The Kier molecular flexibility index (Phi) is 5.55. The maximum Gasteiger partial charge on any atom is 0.338 e. The zero-order valence-corrected chi connectivity index (χ0v) is 15.8. The van der Waals surface area contributed by atoms with Crippen molar-refractivity contribution in [3.05, 3.63) is 42.0 Å². The zero-order chi connectivity index (χ0) is 19.3. The molecule has 4 rings (SSSR count). The summed E-state index contributed by atoms with van der Waals surface area (Å²) in [6.07, 6.45) is 7.58. The number of H-pyrrole nitrogens is 1. The molecule has 1 aromatic carbocycles. The average molecular weight is 383 g/mol. The third-order valence-corrected chi connectivity index (χ3v) is 5.48. The number of likely N-dealkylation sites (tertiary alicyclic amines) is 1. The molecule has 1 atom stereocenters.